The molecule has 0 spiro atoms. The fraction of sp³-hybridized carbons (Fsp3) is 0.714. The van der Waals surface area contributed by atoms with Gasteiger partial charge in [0.15, 0.2) is 0 Å². The van der Waals surface area contributed by atoms with E-state index in [9.17, 15) is 0 Å². The number of hydrogen-bond acceptors (Lipinski definition) is 5. The Labute approximate surface area is 115 Å². The van der Waals surface area contributed by atoms with Crippen LogP contribution in [0.4, 0.5) is 5.95 Å². The molecule has 1 N–H and O–H groups in total. The standard InChI is InChI=1S/C14H25N3O2/c1-5-6-15-14-16-12(4)9-13(17-14)19-8-7-18-10-11(2)3/h9,11H,5-8,10H2,1-4H3,(H,15,16,17). The highest BCUT2D eigenvalue weighted by Crippen LogP contribution is 2.11. The predicted molar refractivity (Wildman–Crippen MR) is 76.7 cm³/mol. The van der Waals surface area contributed by atoms with E-state index in [0.29, 0.717) is 31.0 Å². The largest absolute Gasteiger partial charge is 0.475 e. The highest BCUT2D eigenvalue weighted by molar-refractivity contribution is 5.30. The van der Waals surface area contributed by atoms with E-state index in [2.05, 4.69) is 36.1 Å². The van der Waals surface area contributed by atoms with Crippen LogP contribution in [0.3, 0.4) is 0 Å². The summed E-state index contributed by atoms with van der Waals surface area (Å²) >= 11 is 0. The Morgan fingerprint density at radius 1 is 1.26 bits per heavy atom. The average Bonchev–Trinajstić information content (AvgIpc) is 2.35. The van der Waals surface area contributed by atoms with Crippen molar-refractivity contribution in [3.8, 4) is 5.88 Å². The number of anilines is 1. The molecule has 0 saturated carbocycles. The Kier molecular flexibility index (Phi) is 7.18. The number of nitrogens with zero attached hydrogens (tertiary/aromatic N) is 2. The zero-order chi connectivity index (χ0) is 14.1. The molecule has 1 rings (SSSR count). The molecule has 1 aromatic rings. The highest BCUT2D eigenvalue weighted by Gasteiger charge is 2.03. The van der Waals surface area contributed by atoms with Crippen LogP contribution in [0.15, 0.2) is 6.07 Å². The second-order valence-electron chi connectivity index (χ2n) is 4.92. The van der Waals surface area contributed by atoms with Gasteiger partial charge in [-0.05, 0) is 19.3 Å². The fourth-order valence-electron chi connectivity index (χ4n) is 1.45. The van der Waals surface area contributed by atoms with Gasteiger partial charge in [-0.25, -0.2) is 4.98 Å². The molecular formula is C14H25N3O2. The van der Waals surface area contributed by atoms with Gasteiger partial charge in [0.1, 0.15) is 6.61 Å². The van der Waals surface area contributed by atoms with Gasteiger partial charge >= 0.3 is 0 Å². The molecule has 1 aromatic heterocycles. The van der Waals surface area contributed by atoms with E-state index in [4.69, 9.17) is 9.47 Å². The van der Waals surface area contributed by atoms with Crippen LogP contribution >= 0.6 is 0 Å². The van der Waals surface area contributed by atoms with Crippen LogP contribution in [-0.2, 0) is 4.74 Å². The zero-order valence-corrected chi connectivity index (χ0v) is 12.4. The van der Waals surface area contributed by atoms with Crippen LogP contribution in [0, 0.1) is 12.8 Å². The van der Waals surface area contributed by atoms with Gasteiger partial charge in [0.05, 0.1) is 6.61 Å². The quantitative estimate of drug-likeness (QED) is 0.697. The Bertz CT molecular complexity index is 370. The monoisotopic (exact) mass is 267 g/mol. The molecule has 108 valence electrons. The SMILES string of the molecule is CCCNc1nc(C)cc(OCCOCC(C)C)n1. The van der Waals surface area contributed by atoms with Gasteiger partial charge in [0, 0.05) is 24.9 Å². The van der Waals surface area contributed by atoms with Crippen molar-refractivity contribution in [3.05, 3.63) is 11.8 Å². The van der Waals surface area contributed by atoms with E-state index in [1.165, 1.54) is 0 Å². The Morgan fingerprint density at radius 2 is 2.05 bits per heavy atom. The third-order valence-corrected chi connectivity index (χ3v) is 2.29. The summed E-state index contributed by atoms with van der Waals surface area (Å²) in [4.78, 5) is 8.61. The molecular weight excluding hydrogens is 242 g/mol. The molecule has 0 fully saturated rings. The molecule has 0 bridgehead atoms. The van der Waals surface area contributed by atoms with Crippen molar-refractivity contribution in [1.29, 1.82) is 0 Å². The van der Waals surface area contributed by atoms with Crippen LogP contribution in [0.2, 0.25) is 0 Å². The Morgan fingerprint density at radius 3 is 2.74 bits per heavy atom. The van der Waals surface area contributed by atoms with Crippen molar-refractivity contribution in [2.24, 2.45) is 5.92 Å². The van der Waals surface area contributed by atoms with Crippen molar-refractivity contribution >= 4 is 5.95 Å². The van der Waals surface area contributed by atoms with Gasteiger partial charge in [-0.1, -0.05) is 20.8 Å². The van der Waals surface area contributed by atoms with E-state index in [1.807, 2.05) is 13.0 Å². The first-order valence-electron chi connectivity index (χ1n) is 6.92. The molecule has 0 atom stereocenters. The van der Waals surface area contributed by atoms with Gasteiger partial charge in [-0.2, -0.15) is 4.98 Å². The maximum Gasteiger partial charge on any atom is 0.226 e. The first kappa shape index (κ1) is 15.7. The third kappa shape index (κ3) is 6.96. The summed E-state index contributed by atoms with van der Waals surface area (Å²) in [5.74, 6) is 1.77. The summed E-state index contributed by atoms with van der Waals surface area (Å²) in [7, 11) is 0. The van der Waals surface area contributed by atoms with Crippen molar-refractivity contribution in [3.63, 3.8) is 0 Å². The molecule has 0 aliphatic rings. The normalized spacial score (nSPS) is 10.8. The molecule has 1 heterocycles. The lowest BCUT2D eigenvalue weighted by molar-refractivity contribution is 0.0806. The van der Waals surface area contributed by atoms with Crippen LogP contribution in [0.1, 0.15) is 32.9 Å². The zero-order valence-electron chi connectivity index (χ0n) is 12.4. The lowest BCUT2D eigenvalue weighted by Gasteiger charge is -2.10. The number of hydrogen-bond donors (Lipinski definition) is 1. The van der Waals surface area contributed by atoms with Crippen LogP contribution in [0.5, 0.6) is 5.88 Å². The molecule has 0 aliphatic heterocycles. The number of aryl methyl sites for hydroxylation is 1. The number of nitrogens with one attached hydrogen (secondary N) is 1. The van der Waals surface area contributed by atoms with Crippen LogP contribution in [0.25, 0.3) is 0 Å². The molecule has 0 aromatic carbocycles. The molecule has 5 nitrogen and oxygen atoms in total. The molecule has 0 amide bonds. The Hall–Kier alpha value is -1.36. The second-order valence-corrected chi connectivity index (χ2v) is 4.92. The summed E-state index contributed by atoms with van der Waals surface area (Å²) in [6.07, 6.45) is 1.04. The van der Waals surface area contributed by atoms with Crippen LogP contribution in [-0.4, -0.2) is 36.3 Å². The summed E-state index contributed by atoms with van der Waals surface area (Å²) in [6.45, 7) is 11.0. The maximum atomic E-state index is 5.57. The molecule has 0 saturated heterocycles. The highest BCUT2D eigenvalue weighted by atomic mass is 16.5. The Balaban J connectivity index is 2.38. The lowest BCUT2D eigenvalue weighted by Crippen LogP contribution is -2.12. The van der Waals surface area contributed by atoms with Gasteiger partial charge in [0.25, 0.3) is 0 Å². The van der Waals surface area contributed by atoms with Crippen molar-refractivity contribution in [2.75, 3.05) is 31.7 Å². The van der Waals surface area contributed by atoms with Crippen molar-refractivity contribution in [1.82, 2.24) is 9.97 Å². The van der Waals surface area contributed by atoms with Gasteiger partial charge in [-0.15, -0.1) is 0 Å². The number of rotatable bonds is 9. The second kappa shape index (κ2) is 8.69. The topological polar surface area (TPSA) is 56.3 Å². The molecule has 0 unspecified atom stereocenters. The summed E-state index contributed by atoms with van der Waals surface area (Å²) in [5, 5.41) is 3.16. The minimum atomic E-state index is 0.510. The van der Waals surface area contributed by atoms with E-state index in [1.54, 1.807) is 0 Å². The predicted octanol–water partition coefficient (Wildman–Crippen LogP) is 2.66. The third-order valence-electron chi connectivity index (χ3n) is 2.29. The smallest absolute Gasteiger partial charge is 0.226 e. The minimum Gasteiger partial charge on any atom is -0.475 e. The molecule has 0 aliphatic carbocycles. The van der Waals surface area contributed by atoms with E-state index in [-0.39, 0.29) is 0 Å². The summed E-state index contributed by atoms with van der Waals surface area (Å²) in [5.41, 5.74) is 0.895. The number of ether oxygens (including phenoxy) is 2. The summed E-state index contributed by atoms with van der Waals surface area (Å²) in [6, 6.07) is 1.83. The van der Waals surface area contributed by atoms with Gasteiger partial charge < -0.3 is 14.8 Å². The molecule has 0 radical (unpaired) electrons. The lowest BCUT2D eigenvalue weighted by atomic mass is 10.2. The molecule has 19 heavy (non-hydrogen) atoms. The first-order chi connectivity index (χ1) is 9.11. The number of aromatic nitrogens is 2. The molecule has 5 heteroatoms. The average molecular weight is 267 g/mol. The van der Waals surface area contributed by atoms with E-state index < -0.39 is 0 Å². The van der Waals surface area contributed by atoms with E-state index >= 15 is 0 Å². The maximum absolute atomic E-state index is 5.57. The minimum absolute atomic E-state index is 0.510. The van der Waals surface area contributed by atoms with Crippen LogP contribution < -0.4 is 10.1 Å². The summed E-state index contributed by atoms with van der Waals surface area (Å²) < 4.78 is 11.0. The van der Waals surface area contributed by atoms with Crippen molar-refractivity contribution < 1.29 is 9.47 Å². The van der Waals surface area contributed by atoms with Gasteiger partial charge in [-0.3, -0.25) is 0 Å². The van der Waals surface area contributed by atoms with Gasteiger partial charge in [0.2, 0.25) is 11.8 Å². The van der Waals surface area contributed by atoms with Crippen molar-refractivity contribution in [2.45, 2.75) is 34.1 Å². The fourth-order valence-corrected chi connectivity index (χ4v) is 1.45. The van der Waals surface area contributed by atoms with E-state index in [0.717, 1.165) is 25.3 Å². The first-order valence-corrected chi connectivity index (χ1v) is 6.92.